The van der Waals surface area contributed by atoms with Crippen LogP contribution in [0.25, 0.3) is 0 Å². The van der Waals surface area contributed by atoms with Gasteiger partial charge in [-0.2, -0.15) is 0 Å². The van der Waals surface area contributed by atoms with Crippen molar-refractivity contribution in [3.8, 4) is 0 Å². The molecule has 17 heavy (non-hydrogen) atoms. The van der Waals surface area contributed by atoms with Crippen LogP contribution in [-0.2, 0) is 0 Å². The SMILES string of the molecule is C=CC1=C(C=CCC)C(/C=C\C)=C(C=C)C1C. The lowest BCUT2D eigenvalue weighted by atomic mass is 9.97. The molecule has 0 heterocycles. The van der Waals surface area contributed by atoms with Crippen molar-refractivity contribution in [3.05, 3.63) is 71.9 Å². The lowest BCUT2D eigenvalue weighted by Gasteiger charge is -2.07. The molecule has 0 nitrogen and oxygen atoms in total. The summed E-state index contributed by atoms with van der Waals surface area (Å²) in [4.78, 5) is 0. The number of rotatable bonds is 5. The highest BCUT2D eigenvalue weighted by molar-refractivity contribution is 5.63. The molecule has 0 aromatic rings. The Morgan fingerprint density at radius 2 is 1.59 bits per heavy atom. The van der Waals surface area contributed by atoms with Crippen molar-refractivity contribution >= 4 is 0 Å². The van der Waals surface area contributed by atoms with Gasteiger partial charge in [-0.25, -0.2) is 0 Å². The Hall–Kier alpha value is -1.56. The maximum absolute atomic E-state index is 3.94. The summed E-state index contributed by atoms with van der Waals surface area (Å²) in [5.74, 6) is 0.396. The van der Waals surface area contributed by atoms with E-state index in [9.17, 15) is 0 Å². The van der Waals surface area contributed by atoms with E-state index in [2.05, 4.69) is 51.3 Å². The Labute approximate surface area is 105 Å². The van der Waals surface area contributed by atoms with Crippen molar-refractivity contribution < 1.29 is 0 Å². The molecule has 0 spiro atoms. The molecule has 1 rings (SSSR count). The topological polar surface area (TPSA) is 0 Å². The van der Waals surface area contributed by atoms with Crippen LogP contribution in [0.3, 0.4) is 0 Å². The van der Waals surface area contributed by atoms with Gasteiger partial charge in [0.1, 0.15) is 0 Å². The zero-order chi connectivity index (χ0) is 12.8. The molecule has 1 aliphatic carbocycles. The molecule has 0 saturated carbocycles. The zero-order valence-electron chi connectivity index (χ0n) is 11.2. The van der Waals surface area contributed by atoms with Gasteiger partial charge in [-0.3, -0.25) is 0 Å². The van der Waals surface area contributed by atoms with Crippen molar-refractivity contribution in [3.63, 3.8) is 0 Å². The molecule has 1 atom stereocenters. The van der Waals surface area contributed by atoms with E-state index in [0.29, 0.717) is 5.92 Å². The van der Waals surface area contributed by atoms with Crippen LogP contribution >= 0.6 is 0 Å². The molecule has 0 aliphatic heterocycles. The Morgan fingerprint density at radius 3 is 2.00 bits per heavy atom. The molecule has 0 fully saturated rings. The predicted molar refractivity (Wildman–Crippen MR) is 77.9 cm³/mol. The normalized spacial score (nSPS) is 21.0. The summed E-state index contributed by atoms with van der Waals surface area (Å²) < 4.78 is 0. The summed E-state index contributed by atoms with van der Waals surface area (Å²) in [6.07, 6.45) is 13.6. The lowest BCUT2D eigenvalue weighted by Crippen LogP contribution is -1.94. The molecule has 0 heteroatoms. The fourth-order valence-electron chi connectivity index (χ4n) is 2.29. The van der Waals surface area contributed by atoms with E-state index < -0.39 is 0 Å². The van der Waals surface area contributed by atoms with Gasteiger partial charge in [-0.1, -0.05) is 63.5 Å². The van der Waals surface area contributed by atoms with E-state index >= 15 is 0 Å². The summed E-state index contributed by atoms with van der Waals surface area (Å²) in [5.41, 5.74) is 5.18. The molecule has 1 unspecified atom stereocenters. The highest BCUT2D eigenvalue weighted by Crippen LogP contribution is 2.39. The Kier molecular flexibility index (Phi) is 4.96. The van der Waals surface area contributed by atoms with Gasteiger partial charge in [0, 0.05) is 5.92 Å². The second-order valence-corrected chi connectivity index (χ2v) is 4.18. The standard InChI is InChI=1S/C17H22/c1-6-10-12-17-15(9-4)13(5)14(8-3)16(17)11-7-2/h7-13H,3-4,6H2,1-2,5H3/b11-7-,12-10?. The smallest absolute Gasteiger partial charge is 0.00728 e. The predicted octanol–water partition coefficient (Wildman–Crippen LogP) is 5.14. The van der Waals surface area contributed by atoms with E-state index in [1.54, 1.807) is 0 Å². The third kappa shape index (κ3) is 2.58. The van der Waals surface area contributed by atoms with Crippen LogP contribution in [0.5, 0.6) is 0 Å². The fraction of sp³-hybridized carbons (Fsp3) is 0.294. The van der Waals surface area contributed by atoms with Crippen molar-refractivity contribution in [1.82, 2.24) is 0 Å². The van der Waals surface area contributed by atoms with E-state index in [4.69, 9.17) is 0 Å². The molecule has 0 aromatic carbocycles. The monoisotopic (exact) mass is 226 g/mol. The van der Waals surface area contributed by atoms with Crippen LogP contribution < -0.4 is 0 Å². The van der Waals surface area contributed by atoms with Crippen LogP contribution in [0.4, 0.5) is 0 Å². The van der Waals surface area contributed by atoms with Gasteiger partial charge in [0.2, 0.25) is 0 Å². The second-order valence-electron chi connectivity index (χ2n) is 4.18. The maximum atomic E-state index is 3.94. The Balaban J connectivity index is 3.36. The van der Waals surface area contributed by atoms with Gasteiger partial charge in [0.15, 0.2) is 0 Å². The Bertz CT molecular complexity index is 425. The highest BCUT2D eigenvalue weighted by Gasteiger charge is 2.24. The van der Waals surface area contributed by atoms with Gasteiger partial charge in [0.25, 0.3) is 0 Å². The summed E-state index contributed by atoms with van der Waals surface area (Å²) in [7, 11) is 0. The van der Waals surface area contributed by atoms with Gasteiger partial charge >= 0.3 is 0 Å². The molecular formula is C17H22. The average Bonchev–Trinajstić information content (AvgIpc) is 2.58. The van der Waals surface area contributed by atoms with Gasteiger partial charge in [0.05, 0.1) is 0 Å². The van der Waals surface area contributed by atoms with Crippen LogP contribution in [-0.4, -0.2) is 0 Å². The van der Waals surface area contributed by atoms with E-state index in [1.807, 2.05) is 19.1 Å². The molecule has 1 aliphatic rings. The molecule has 0 N–H and O–H groups in total. The first-order valence-electron chi connectivity index (χ1n) is 6.24. The highest BCUT2D eigenvalue weighted by atomic mass is 14.3. The van der Waals surface area contributed by atoms with E-state index in [0.717, 1.165) is 6.42 Å². The first-order valence-corrected chi connectivity index (χ1v) is 6.24. The first-order chi connectivity index (χ1) is 8.21. The second kappa shape index (κ2) is 6.24. The maximum Gasteiger partial charge on any atom is 0.00728 e. The van der Waals surface area contributed by atoms with Gasteiger partial charge in [-0.05, 0) is 35.6 Å². The molecule has 90 valence electrons. The molecule has 0 amide bonds. The minimum absolute atomic E-state index is 0.396. The molecule has 0 bridgehead atoms. The quantitative estimate of drug-likeness (QED) is 0.608. The Morgan fingerprint density at radius 1 is 1.06 bits per heavy atom. The summed E-state index contributed by atoms with van der Waals surface area (Å²) >= 11 is 0. The van der Waals surface area contributed by atoms with Crippen molar-refractivity contribution in [2.24, 2.45) is 5.92 Å². The lowest BCUT2D eigenvalue weighted by molar-refractivity contribution is 0.865. The number of allylic oxidation sites excluding steroid dienone is 10. The van der Waals surface area contributed by atoms with Crippen LogP contribution in [0.1, 0.15) is 27.2 Å². The number of hydrogen-bond donors (Lipinski definition) is 0. The van der Waals surface area contributed by atoms with Crippen molar-refractivity contribution in [1.29, 1.82) is 0 Å². The third-order valence-electron chi connectivity index (χ3n) is 3.14. The van der Waals surface area contributed by atoms with Gasteiger partial charge < -0.3 is 0 Å². The van der Waals surface area contributed by atoms with Crippen molar-refractivity contribution in [2.45, 2.75) is 27.2 Å². The zero-order valence-corrected chi connectivity index (χ0v) is 11.2. The summed E-state index contributed by atoms with van der Waals surface area (Å²) in [5, 5.41) is 0. The molecule has 0 radical (unpaired) electrons. The summed E-state index contributed by atoms with van der Waals surface area (Å²) in [6.45, 7) is 14.3. The third-order valence-corrected chi connectivity index (χ3v) is 3.14. The van der Waals surface area contributed by atoms with Crippen molar-refractivity contribution in [2.75, 3.05) is 0 Å². The minimum Gasteiger partial charge on any atom is -0.0987 e. The summed E-state index contributed by atoms with van der Waals surface area (Å²) in [6, 6.07) is 0. The fourth-order valence-corrected chi connectivity index (χ4v) is 2.29. The van der Waals surface area contributed by atoms with E-state index in [-0.39, 0.29) is 0 Å². The minimum atomic E-state index is 0.396. The molecule has 0 saturated heterocycles. The van der Waals surface area contributed by atoms with E-state index in [1.165, 1.54) is 22.3 Å². The van der Waals surface area contributed by atoms with Crippen LogP contribution in [0, 0.1) is 5.92 Å². The first kappa shape index (κ1) is 13.5. The van der Waals surface area contributed by atoms with Crippen LogP contribution in [0.15, 0.2) is 71.9 Å². The average molecular weight is 226 g/mol. The molecular weight excluding hydrogens is 204 g/mol. The largest absolute Gasteiger partial charge is 0.0987 e. The molecule has 0 aromatic heterocycles. The van der Waals surface area contributed by atoms with Gasteiger partial charge in [-0.15, -0.1) is 0 Å². The van der Waals surface area contributed by atoms with Crippen LogP contribution in [0.2, 0.25) is 0 Å². The number of hydrogen-bond acceptors (Lipinski definition) is 0.